The van der Waals surface area contributed by atoms with E-state index in [4.69, 9.17) is 5.73 Å². The predicted octanol–water partition coefficient (Wildman–Crippen LogP) is 0.0640. The van der Waals surface area contributed by atoms with Crippen LogP contribution in [0.4, 0.5) is 0 Å². The first kappa shape index (κ1) is 5.92. The molecule has 0 bridgehead atoms. The van der Waals surface area contributed by atoms with Crippen LogP contribution in [0.5, 0.6) is 0 Å². The Morgan fingerprint density at radius 1 is 1.83 bits per heavy atom. The van der Waals surface area contributed by atoms with E-state index in [0.29, 0.717) is 0 Å². The average molecular weight is 87.1 g/mol. The third-order valence-corrected chi connectivity index (χ3v) is 0.512. The minimum atomic E-state index is 0.983. The Morgan fingerprint density at radius 2 is 2.50 bits per heavy atom. The minimum absolute atomic E-state index is 0.983. The molecule has 0 aliphatic heterocycles. The third-order valence-electron chi connectivity index (χ3n) is 0.512. The van der Waals surface area contributed by atoms with Crippen molar-refractivity contribution in [3.05, 3.63) is 6.67 Å². The molecule has 0 aromatic rings. The molecule has 0 unspecified atom stereocenters. The van der Waals surface area contributed by atoms with Gasteiger partial charge in [0, 0.05) is 0 Å². The van der Waals surface area contributed by atoms with Crippen molar-refractivity contribution in [3.63, 3.8) is 0 Å². The molecule has 0 aliphatic rings. The van der Waals surface area contributed by atoms with E-state index in [-0.39, 0.29) is 0 Å². The van der Waals surface area contributed by atoms with E-state index in [1.807, 2.05) is 0 Å². The summed E-state index contributed by atoms with van der Waals surface area (Å²) in [5, 5.41) is 2.85. The zero-order valence-electron chi connectivity index (χ0n) is 4.07. The molecule has 0 atom stereocenters. The van der Waals surface area contributed by atoms with E-state index in [0.717, 1.165) is 13.0 Å². The second kappa shape index (κ2) is 4.92. The van der Waals surface area contributed by atoms with Gasteiger partial charge in [-0.1, -0.05) is 6.92 Å². The van der Waals surface area contributed by atoms with Gasteiger partial charge in [0.2, 0.25) is 0 Å². The van der Waals surface area contributed by atoms with Crippen LogP contribution in [0.1, 0.15) is 13.3 Å². The second-order valence-corrected chi connectivity index (χ2v) is 1.12. The fourth-order valence-electron chi connectivity index (χ4n) is 0.228. The monoisotopic (exact) mass is 87.1 g/mol. The van der Waals surface area contributed by atoms with Crippen molar-refractivity contribution in [3.8, 4) is 0 Å². The number of hydrogen-bond donors (Lipinski definition) is 2. The van der Waals surface area contributed by atoms with Crippen molar-refractivity contribution < 1.29 is 0 Å². The molecule has 0 heterocycles. The summed E-state index contributed by atoms with van der Waals surface area (Å²) in [5.74, 6) is 0. The van der Waals surface area contributed by atoms with Gasteiger partial charge in [0.15, 0.2) is 0 Å². The van der Waals surface area contributed by atoms with Gasteiger partial charge in [-0.15, -0.1) is 0 Å². The summed E-state index contributed by atoms with van der Waals surface area (Å²) in [6.45, 7) is 4.54. The molecule has 2 heteroatoms. The summed E-state index contributed by atoms with van der Waals surface area (Å²) in [5.41, 5.74) is 4.98. The number of rotatable bonds is 3. The maximum Gasteiger partial charge on any atom is 0.0838 e. The fraction of sp³-hybridized carbons (Fsp3) is 0.750. The Bertz CT molecular complexity index is 17.5. The topological polar surface area (TPSA) is 38.0 Å². The van der Waals surface area contributed by atoms with Crippen molar-refractivity contribution in [1.82, 2.24) is 5.32 Å². The van der Waals surface area contributed by atoms with Crippen LogP contribution in [-0.4, -0.2) is 6.54 Å². The molecule has 2 nitrogen and oxygen atoms in total. The van der Waals surface area contributed by atoms with Gasteiger partial charge >= 0.3 is 0 Å². The molecule has 0 aromatic carbocycles. The Kier molecular flexibility index (Phi) is 4.85. The third kappa shape index (κ3) is 3.92. The molecule has 0 aliphatic carbocycles. The lowest BCUT2D eigenvalue weighted by molar-refractivity contribution is 0.755. The standard InChI is InChI=1S/C4H11N2/c1-2-3-6-4-5/h4,6H,2-3,5H2,1H3. The molecular weight excluding hydrogens is 76.1 g/mol. The van der Waals surface area contributed by atoms with Crippen molar-refractivity contribution in [2.24, 2.45) is 5.73 Å². The second-order valence-electron chi connectivity index (χ2n) is 1.12. The average Bonchev–Trinajstić information content (AvgIpc) is 1.61. The van der Waals surface area contributed by atoms with Gasteiger partial charge in [0.1, 0.15) is 0 Å². The number of nitrogens with one attached hydrogen (secondary N) is 1. The first-order valence-electron chi connectivity index (χ1n) is 2.18. The maximum absolute atomic E-state index is 4.98. The smallest absolute Gasteiger partial charge is 0.0838 e. The van der Waals surface area contributed by atoms with Crippen molar-refractivity contribution in [1.29, 1.82) is 0 Å². The Morgan fingerprint density at radius 3 is 2.67 bits per heavy atom. The predicted molar refractivity (Wildman–Crippen MR) is 26.8 cm³/mol. The quantitative estimate of drug-likeness (QED) is 0.478. The lowest BCUT2D eigenvalue weighted by Gasteiger charge is -1.91. The highest BCUT2D eigenvalue weighted by atomic mass is 14.9. The summed E-state index contributed by atoms with van der Waals surface area (Å²) < 4.78 is 0. The highest BCUT2D eigenvalue weighted by Gasteiger charge is 1.72. The van der Waals surface area contributed by atoms with E-state index in [1.54, 1.807) is 0 Å². The van der Waals surface area contributed by atoms with Gasteiger partial charge in [-0.05, 0) is 13.0 Å². The van der Waals surface area contributed by atoms with E-state index in [1.165, 1.54) is 6.67 Å². The number of nitrogens with two attached hydrogens (primary N) is 1. The molecule has 37 valence electrons. The zero-order chi connectivity index (χ0) is 4.83. The number of hydrogen-bond acceptors (Lipinski definition) is 2. The molecule has 0 aromatic heterocycles. The zero-order valence-corrected chi connectivity index (χ0v) is 4.07. The molecule has 0 amide bonds. The van der Waals surface area contributed by atoms with Gasteiger partial charge in [0.25, 0.3) is 0 Å². The van der Waals surface area contributed by atoms with Crippen LogP contribution in [0.3, 0.4) is 0 Å². The lowest BCUT2D eigenvalue weighted by Crippen LogP contribution is -2.15. The van der Waals surface area contributed by atoms with Crippen LogP contribution in [-0.2, 0) is 0 Å². The Hall–Kier alpha value is -0.0800. The molecule has 1 radical (unpaired) electrons. The molecule has 6 heavy (non-hydrogen) atoms. The Labute approximate surface area is 38.7 Å². The van der Waals surface area contributed by atoms with Gasteiger partial charge in [0.05, 0.1) is 6.67 Å². The van der Waals surface area contributed by atoms with Crippen LogP contribution >= 0.6 is 0 Å². The van der Waals surface area contributed by atoms with Crippen LogP contribution in [0.25, 0.3) is 0 Å². The van der Waals surface area contributed by atoms with Gasteiger partial charge in [-0.3, -0.25) is 5.32 Å². The van der Waals surface area contributed by atoms with Crippen LogP contribution in [0.2, 0.25) is 0 Å². The minimum Gasteiger partial charge on any atom is -0.313 e. The molecule has 0 saturated heterocycles. The van der Waals surface area contributed by atoms with Crippen LogP contribution in [0, 0.1) is 6.67 Å². The van der Waals surface area contributed by atoms with E-state index < -0.39 is 0 Å². The van der Waals surface area contributed by atoms with E-state index in [9.17, 15) is 0 Å². The highest BCUT2D eigenvalue weighted by Crippen LogP contribution is 1.65. The van der Waals surface area contributed by atoms with Crippen molar-refractivity contribution >= 4 is 0 Å². The molecule has 0 spiro atoms. The van der Waals surface area contributed by atoms with Gasteiger partial charge < -0.3 is 5.73 Å². The van der Waals surface area contributed by atoms with Crippen LogP contribution in [0.15, 0.2) is 0 Å². The van der Waals surface area contributed by atoms with Crippen molar-refractivity contribution in [2.45, 2.75) is 13.3 Å². The highest BCUT2D eigenvalue weighted by molar-refractivity contribution is 4.46. The molecule has 0 rings (SSSR count). The molecular formula is C4H11N2. The van der Waals surface area contributed by atoms with Crippen molar-refractivity contribution in [2.75, 3.05) is 6.54 Å². The van der Waals surface area contributed by atoms with Gasteiger partial charge in [-0.2, -0.15) is 0 Å². The molecule has 0 saturated carbocycles. The largest absolute Gasteiger partial charge is 0.313 e. The fourth-order valence-corrected chi connectivity index (χ4v) is 0.228. The first-order valence-corrected chi connectivity index (χ1v) is 2.18. The van der Waals surface area contributed by atoms with Crippen LogP contribution < -0.4 is 11.1 Å². The summed E-state index contributed by atoms with van der Waals surface area (Å²) >= 11 is 0. The van der Waals surface area contributed by atoms with E-state index in [2.05, 4.69) is 12.2 Å². The maximum atomic E-state index is 4.98. The molecule has 0 fully saturated rings. The van der Waals surface area contributed by atoms with E-state index >= 15 is 0 Å². The Balaban J connectivity index is 2.34. The lowest BCUT2D eigenvalue weighted by atomic mass is 10.5. The summed E-state index contributed by atoms with van der Waals surface area (Å²) in [6, 6.07) is 0. The summed E-state index contributed by atoms with van der Waals surface area (Å²) in [4.78, 5) is 0. The summed E-state index contributed by atoms with van der Waals surface area (Å²) in [7, 11) is 0. The summed E-state index contributed by atoms with van der Waals surface area (Å²) in [6.07, 6.45) is 1.13. The molecule has 3 N–H and O–H groups in total. The normalized spacial score (nSPS) is 9.00. The SMILES string of the molecule is CCCN[CH]N. The first-order chi connectivity index (χ1) is 2.91. The van der Waals surface area contributed by atoms with Gasteiger partial charge in [-0.25, -0.2) is 0 Å².